The number of aromatic nitrogens is 1. The topological polar surface area (TPSA) is 71.5 Å². The van der Waals surface area contributed by atoms with Gasteiger partial charge >= 0.3 is 0 Å². The molecule has 1 atom stereocenters. The van der Waals surface area contributed by atoms with E-state index in [1.807, 2.05) is 36.4 Å². The van der Waals surface area contributed by atoms with Crippen LogP contribution in [0.15, 0.2) is 62.1 Å². The Hall–Kier alpha value is -2.38. The summed E-state index contributed by atoms with van der Waals surface area (Å²) in [5, 5.41) is 6.96. The van der Waals surface area contributed by atoms with Crippen LogP contribution in [0.3, 0.4) is 0 Å². The number of rotatable bonds is 6. The van der Waals surface area contributed by atoms with Gasteiger partial charge in [0.05, 0.1) is 12.3 Å². The van der Waals surface area contributed by atoms with E-state index in [1.165, 1.54) is 25.7 Å². The second kappa shape index (κ2) is 9.41. The Bertz CT molecular complexity index is 913. The van der Waals surface area contributed by atoms with Gasteiger partial charge in [0.2, 0.25) is 0 Å². The number of halogens is 1. The molecule has 7 heteroatoms. The van der Waals surface area contributed by atoms with E-state index in [1.54, 1.807) is 12.3 Å². The first-order chi connectivity index (χ1) is 14.2. The van der Waals surface area contributed by atoms with Crippen LogP contribution in [0.5, 0.6) is 0 Å². The number of hydrogen-bond donors (Lipinski definition) is 1. The largest absolute Gasteiger partial charge is 0.468 e. The van der Waals surface area contributed by atoms with Gasteiger partial charge in [-0.25, -0.2) is 0 Å². The molecule has 152 valence electrons. The molecule has 3 aromatic rings. The maximum atomic E-state index is 12.7. The molecule has 4 rings (SSSR count). The summed E-state index contributed by atoms with van der Waals surface area (Å²) in [4.78, 5) is 15.1. The SMILES string of the molecule is O=C(NC[C@@H](c1ccco1)N1CCCCCC1)c1cc(-c2ccc(Br)cc2)on1. The fourth-order valence-electron chi connectivity index (χ4n) is 3.71. The molecular formula is C22H24BrN3O3. The first kappa shape index (κ1) is 19.9. The Morgan fingerprint density at radius 1 is 1.14 bits per heavy atom. The van der Waals surface area contributed by atoms with Gasteiger partial charge in [0.15, 0.2) is 11.5 Å². The molecule has 1 aliphatic heterocycles. The minimum Gasteiger partial charge on any atom is -0.468 e. The lowest BCUT2D eigenvalue weighted by atomic mass is 10.1. The Morgan fingerprint density at radius 2 is 1.90 bits per heavy atom. The standard InChI is InChI=1S/C22H24BrN3O3/c23-17-9-7-16(8-10-17)21-14-18(25-29-21)22(27)24-15-19(20-6-5-13-28-20)26-11-3-1-2-4-12-26/h5-10,13-14,19H,1-4,11-12,15H2,(H,24,27)/t19-/m0/s1. The van der Waals surface area contributed by atoms with Crippen molar-refractivity contribution in [1.82, 2.24) is 15.4 Å². The minimum absolute atomic E-state index is 0.0184. The summed E-state index contributed by atoms with van der Waals surface area (Å²) in [6.45, 7) is 2.49. The summed E-state index contributed by atoms with van der Waals surface area (Å²) >= 11 is 3.41. The Morgan fingerprint density at radius 3 is 2.59 bits per heavy atom. The van der Waals surface area contributed by atoms with Gasteiger partial charge in [0.1, 0.15) is 5.76 Å². The summed E-state index contributed by atoms with van der Waals surface area (Å²) in [5.74, 6) is 1.20. The second-order valence-electron chi connectivity index (χ2n) is 7.27. The molecule has 0 radical (unpaired) electrons. The average Bonchev–Trinajstić information content (AvgIpc) is 3.37. The molecule has 0 bridgehead atoms. The highest BCUT2D eigenvalue weighted by Crippen LogP contribution is 2.25. The highest BCUT2D eigenvalue weighted by molar-refractivity contribution is 9.10. The van der Waals surface area contributed by atoms with Crippen molar-refractivity contribution in [2.45, 2.75) is 31.7 Å². The number of hydrogen-bond acceptors (Lipinski definition) is 5. The summed E-state index contributed by atoms with van der Waals surface area (Å²) in [7, 11) is 0. The van der Waals surface area contributed by atoms with Crippen molar-refractivity contribution in [3.05, 3.63) is 64.7 Å². The van der Waals surface area contributed by atoms with Gasteiger partial charge in [-0.2, -0.15) is 0 Å². The zero-order valence-corrected chi connectivity index (χ0v) is 17.7. The molecule has 3 heterocycles. The van der Waals surface area contributed by atoms with Crippen molar-refractivity contribution in [2.24, 2.45) is 0 Å². The number of carbonyl (C=O) groups excluding carboxylic acids is 1. The fourth-order valence-corrected chi connectivity index (χ4v) is 3.97. The fraction of sp³-hybridized carbons (Fsp3) is 0.364. The van der Waals surface area contributed by atoms with Crippen molar-refractivity contribution in [1.29, 1.82) is 0 Å². The molecule has 1 aliphatic rings. The Labute approximate surface area is 178 Å². The van der Waals surface area contributed by atoms with Crippen LogP contribution in [0.1, 0.15) is 48.0 Å². The van der Waals surface area contributed by atoms with Crippen LogP contribution in [-0.4, -0.2) is 35.6 Å². The van der Waals surface area contributed by atoms with E-state index in [0.717, 1.165) is 28.9 Å². The third-order valence-corrected chi connectivity index (χ3v) is 5.81. The molecule has 1 aromatic carbocycles. The molecule has 0 saturated carbocycles. The van der Waals surface area contributed by atoms with E-state index in [2.05, 4.69) is 31.3 Å². The highest BCUT2D eigenvalue weighted by atomic mass is 79.9. The first-order valence-corrected chi connectivity index (χ1v) is 10.8. The number of furan rings is 1. The lowest BCUT2D eigenvalue weighted by molar-refractivity contribution is 0.0918. The zero-order valence-electron chi connectivity index (χ0n) is 16.1. The first-order valence-electron chi connectivity index (χ1n) is 9.99. The predicted octanol–water partition coefficient (Wildman–Crippen LogP) is 5.04. The number of amides is 1. The lowest BCUT2D eigenvalue weighted by Gasteiger charge is -2.29. The maximum Gasteiger partial charge on any atom is 0.273 e. The van der Waals surface area contributed by atoms with Crippen LogP contribution >= 0.6 is 15.9 Å². The van der Waals surface area contributed by atoms with Crippen LogP contribution < -0.4 is 5.32 Å². The molecule has 0 unspecified atom stereocenters. The molecule has 0 spiro atoms. The van der Waals surface area contributed by atoms with E-state index in [-0.39, 0.29) is 17.6 Å². The maximum absolute atomic E-state index is 12.7. The van der Waals surface area contributed by atoms with Crippen molar-refractivity contribution in [3.8, 4) is 11.3 Å². The molecule has 0 aliphatic carbocycles. The molecular weight excluding hydrogens is 434 g/mol. The van der Waals surface area contributed by atoms with Crippen molar-refractivity contribution < 1.29 is 13.7 Å². The van der Waals surface area contributed by atoms with Gasteiger partial charge in [-0.05, 0) is 50.2 Å². The Kier molecular flexibility index (Phi) is 6.46. The lowest BCUT2D eigenvalue weighted by Crippen LogP contribution is -2.38. The van der Waals surface area contributed by atoms with Gasteiger partial charge in [-0.15, -0.1) is 0 Å². The summed E-state index contributed by atoms with van der Waals surface area (Å²) in [5.41, 5.74) is 1.15. The molecule has 1 N–H and O–H groups in total. The summed E-state index contributed by atoms with van der Waals surface area (Å²) < 4.78 is 12.0. The number of nitrogens with zero attached hydrogens (tertiary/aromatic N) is 2. The molecule has 2 aromatic heterocycles. The van der Waals surface area contributed by atoms with E-state index < -0.39 is 0 Å². The van der Waals surface area contributed by atoms with Crippen molar-refractivity contribution >= 4 is 21.8 Å². The normalized spacial score (nSPS) is 16.3. The van der Waals surface area contributed by atoms with E-state index in [4.69, 9.17) is 8.94 Å². The summed E-state index contributed by atoms with van der Waals surface area (Å²) in [6.07, 6.45) is 6.54. The van der Waals surface area contributed by atoms with Crippen molar-refractivity contribution in [3.63, 3.8) is 0 Å². The van der Waals surface area contributed by atoms with E-state index >= 15 is 0 Å². The molecule has 1 saturated heterocycles. The third kappa shape index (κ3) is 4.97. The third-order valence-electron chi connectivity index (χ3n) is 5.28. The zero-order chi connectivity index (χ0) is 20.1. The number of nitrogens with one attached hydrogen (secondary N) is 1. The average molecular weight is 458 g/mol. The molecule has 1 fully saturated rings. The van der Waals surface area contributed by atoms with Crippen LogP contribution in [0.2, 0.25) is 0 Å². The molecule has 29 heavy (non-hydrogen) atoms. The second-order valence-corrected chi connectivity index (χ2v) is 8.19. The van der Waals surface area contributed by atoms with Crippen molar-refractivity contribution in [2.75, 3.05) is 19.6 Å². The quantitative estimate of drug-likeness (QED) is 0.560. The number of likely N-dealkylation sites (tertiary alicyclic amines) is 1. The van der Waals surface area contributed by atoms with Gasteiger partial charge in [-0.1, -0.05) is 46.1 Å². The van der Waals surface area contributed by atoms with E-state index in [0.29, 0.717) is 12.3 Å². The predicted molar refractivity (Wildman–Crippen MR) is 113 cm³/mol. The monoisotopic (exact) mass is 457 g/mol. The van der Waals surface area contributed by atoms with Gasteiger partial charge < -0.3 is 14.3 Å². The van der Waals surface area contributed by atoms with Gasteiger partial charge in [0, 0.05) is 22.6 Å². The van der Waals surface area contributed by atoms with Crippen LogP contribution in [0.4, 0.5) is 0 Å². The molecule has 1 amide bonds. The van der Waals surface area contributed by atoms with Crippen LogP contribution in [-0.2, 0) is 0 Å². The molecule has 6 nitrogen and oxygen atoms in total. The smallest absolute Gasteiger partial charge is 0.273 e. The van der Waals surface area contributed by atoms with E-state index in [9.17, 15) is 4.79 Å². The summed E-state index contributed by atoms with van der Waals surface area (Å²) in [6, 6.07) is 13.2. The van der Waals surface area contributed by atoms with Crippen LogP contribution in [0.25, 0.3) is 11.3 Å². The van der Waals surface area contributed by atoms with Gasteiger partial charge in [0.25, 0.3) is 5.91 Å². The highest BCUT2D eigenvalue weighted by Gasteiger charge is 2.25. The van der Waals surface area contributed by atoms with Crippen LogP contribution in [0, 0.1) is 0 Å². The minimum atomic E-state index is -0.247. The number of carbonyl (C=O) groups is 1. The number of benzene rings is 1. The Balaban J connectivity index is 1.43. The van der Waals surface area contributed by atoms with Gasteiger partial charge in [-0.3, -0.25) is 9.69 Å².